The van der Waals surface area contributed by atoms with Crippen molar-refractivity contribution in [2.45, 2.75) is 25.7 Å². The van der Waals surface area contributed by atoms with Crippen LogP contribution in [-0.4, -0.2) is 60.9 Å². The van der Waals surface area contributed by atoms with Crippen LogP contribution in [0, 0.1) is 5.92 Å². The summed E-state index contributed by atoms with van der Waals surface area (Å²) in [5.41, 5.74) is 2.33. The van der Waals surface area contributed by atoms with Gasteiger partial charge in [0.2, 0.25) is 11.8 Å². The lowest BCUT2D eigenvalue weighted by Gasteiger charge is -2.35. The lowest BCUT2D eigenvalue weighted by molar-refractivity contribution is -0.133. The minimum atomic E-state index is 0.172. The number of nitrogens with zero attached hydrogens (tertiary/aromatic N) is 3. The van der Waals surface area contributed by atoms with Crippen molar-refractivity contribution < 1.29 is 9.59 Å². The van der Waals surface area contributed by atoms with Gasteiger partial charge in [-0.3, -0.25) is 14.5 Å². The first kappa shape index (κ1) is 17.3. The molecular formula is C21H27N3O2. The molecule has 2 amide bonds. The van der Waals surface area contributed by atoms with Gasteiger partial charge >= 0.3 is 0 Å². The third-order valence-electron chi connectivity index (χ3n) is 5.82. The highest BCUT2D eigenvalue weighted by Gasteiger charge is 2.28. The Bertz CT molecular complexity index is 707. The molecule has 26 heavy (non-hydrogen) atoms. The first-order valence-corrected chi connectivity index (χ1v) is 9.76. The van der Waals surface area contributed by atoms with Crippen LogP contribution in [0.15, 0.2) is 36.4 Å². The Hall–Kier alpha value is -2.14. The molecule has 2 aliphatic heterocycles. The summed E-state index contributed by atoms with van der Waals surface area (Å²) in [6, 6.07) is 8.17. The van der Waals surface area contributed by atoms with E-state index in [4.69, 9.17) is 0 Å². The van der Waals surface area contributed by atoms with Crippen LogP contribution in [0.25, 0.3) is 0 Å². The highest BCUT2D eigenvalue weighted by Crippen LogP contribution is 2.27. The summed E-state index contributed by atoms with van der Waals surface area (Å²) in [4.78, 5) is 31.2. The molecule has 0 radical (unpaired) electrons. The number of amides is 2. The zero-order valence-electron chi connectivity index (χ0n) is 15.3. The van der Waals surface area contributed by atoms with Gasteiger partial charge in [0.1, 0.15) is 0 Å². The van der Waals surface area contributed by atoms with Crippen molar-refractivity contribution in [1.29, 1.82) is 0 Å². The van der Waals surface area contributed by atoms with E-state index in [9.17, 15) is 9.59 Å². The van der Waals surface area contributed by atoms with E-state index < -0.39 is 0 Å². The van der Waals surface area contributed by atoms with Gasteiger partial charge in [-0.05, 0) is 36.8 Å². The van der Waals surface area contributed by atoms with E-state index in [1.165, 1.54) is 5.56 Å². The minimum absolute atomic E-state index is 0.172. The van der Waals surface area contributed by atoms with Crippen LogP contribution in [0.1, 0.15) is 24.8 Å². The molecule has 0 aromatic heterocycles. The van der Waals surface area contributed by atoms with Crippen LogP contribution in [0.5, 0.6) is 0 Å². The third-order valence-corrected chi connectivity index (χ3v) is 5.82. The molecule has 1 aromatic rings. The van der Waals surface area contributed by atoms with Crippen LogP contribution in [0.2, 0.25) is 0 Å². The standard InChI is InChI=1S/C21H27N3O2/c25-20(15-17-5-1-2-6-17)23-13-11-22(12-14-23)16-21(26)24-10-9-18-7-3-4-8-19(18)24/h1,3-5,7-8,17H,2,6,9-16H2/t17-/m1/s1. The SMILES string of the molecule is O=C(C[C@@H]1C=CCC1)N1CCN(CC(=O)N2CCc3ccccc32)CC1. The summed E-state index contributed by atoms with van der Waals surface area (Å²) in [7, 11) is 0. The number of benzene rings is 1. The average molecular weight is 353 g/mol. The van der Waals surface area contributed by atoms with Crippen LogP contribution < -0.4 is 4.90 Å². The normalized spacial score (nSPS) is 22.7. The fourth-order valence-corrected chi connectivity index (χ4v) is 4.25. The highest BCUT2D eigenvalue weighted by atomic mass is 16.2. The van der Waals surface area contributed by atoms with Gasteiger partial charge in [0, 0.05) is 44.8 Å². The van der Waals surface area contributed by atoms with Gasteiger partial charge in [-0.1, -0.05) is 30.4 Å². The number of hydrogen-bond donors (Lipinski definition) is 0. The van der Waals surface area contributed by atoms with Crippen LogP contribution in [0.4, 0.5) is 5.69 Å². The van der Waals surface area contributed by atoms with Crippen LogP contribution >= 0.6 is 0 Å². The number of rotatable bonds is 4. The van der Waals surface area contributed by atoms with Crippen molar-refractivity contribution in [3.8, 4) is 0 Å². The zero-order valence-corrected chi connectivity index (χ0v) is 15.3. The molecule has 0 N–H and O–H groups in total. The molecule has 5 heteroatoms. The predicted molar refractivity (Wildman–Crippen MR) is 102 cm³/mol. The number of piperazine rings is 1. The van der Waals surface area contributed by atoms with Gasteiger partial charge in [0.25, 0.3) is 0 Å². The number of para-hydroxylation sites is 1. The van der Waals surface area contributed by atoms with E-state index in [0.29, 0.717) is 18.9 Å². The summed E-state index contributed by atoms with van der Waals surface area (Å²) in [5.74, 6) is 0.865. The number of allylic oxidation sites excluding steroid dienone is 2. The molecule has 1 saturated heterocycles. The monoisotopic (exact) mass is 353 g/mol. The van der Waals surface area contributed by atoms with Crippen LogP contribution in [-0.2, 0) is 16.0 Å². The number of hydrogen-bond acceptors (Lipinski definition) is 3. The summed E-state index contributed by atoms with van der Waals surface area (Å²) in [6.45, 7) is 4.27. The van der Waals surface area contributed by atoms with E-state index in [1.807, 2.05) is 28.0 Å². The van der Waals surface area contributed by atoms with Crippen molar-refractivity contribution in [2.24, 2.45) is 5.92 Å². The maximum Gasteiger partial charge on any atom is 0.241 e. The fourth-order valence-electron chi connectivity index (χ4n) is 4.25. The molecule has 1 atom stereocenters. The van der Waals surface area contributed by atoms with Gasteiger partial charge in [0.15, 0.2) is 0 Å². The zero-order chi connectivity index (χ0) is 17.9. The Labute approximate surface area is 155 Å². The largest absolute Gasteiger partial charge is 0.340 e. The molecule has 2 heterocycles. The number of anilines is 1. The van der Waals surface area contributed by atoms with E-state index in [2.05, 4.69) is 23.1 Å². The molecule has 0 saturated carbocycles. The maximum atomic E-state index is 12.7. The first-order valence-electron chi connectivity index (χ1n) is 9.76. The minimum Gasteiger partial charge on any atom is -0.340 e. The maximum absolute atomic E-state index is 12.7. The van der Waals surface area contributed by atoms with Gasteiger partial charge in [-0.2, -0.15) is 0 Å². The van der Waals surface area contributed by atoms with Gasteiger partial charge in [-0.25, -0.2) is 0 Å². The van der Waals surface area contributed by atoms with E-state index >= 15 is 0 Å². The smallest absolute Gasteiger partial charge is 0.241 e. The Balaban J connectivity index is 1.26. The molecule has 1 aliphatic carbocycles. The van der Waals surface area contributed by atoms with Gasteiger partial charge < -0.3 is 9.80 Å². The van der Waals surface area contributed by atoms with Gasteiger partial charge in [0.05, 0.1) is 6.54 Å². The molecule has 3 aliphatic rings. The number of carbonyl (C=O) groups is 2. The first-order chi connectivity index (χ1) is 12.7. The number of fused-ring (bicyclic) bond motifs is 1. The Morgan fingerprint density at radius 2 is 1.81 bits per heavy atom. The lowest BCUT2D eigenvalue weighted by atomic mass is 10.0. The van der Waals surface area contributed by atoms with E-state index in [-0.39, 0.29) is 11.8 Å². The highest BCUT2D eigenvalue weighted by molar-refractivity contribution is 5.96. The average Bonchev–Trinajstić information content (AvgIpc) is 3.31. The molecule has 1 fully saturated rings. The molecule has 0 spiro atoms. The molecule has 5 nitrogen and oxygen atoms in total. The van der Waals surface area contributed by atoms with Crippen molar-refractivity contribution in [3.63, 3.8) is 0 Å². The topological polar surface area (TPSA) is 43.9 Å². The Morgan fingerprint density at radius 1 is 1.00 bits per heavy atom. The molecule has 138 valence electrons. The molecule has 0 unspecified atom stereocenters. The Morgan fingerprint density at radius 3 is 2.58 bits per heavy atom. The predicted octanol–water partition coefficient (Wildman–Crippen LogP) is 2.08. The second kappa shape index (κ2) is 7.62. The second-order valence-electron chi connectivity index (χ2n) is 7.55. The van der Waals surface area contributed by atoms with E-state index in [0.717, 1.165) is 57.7 Å². The summed E-state index contributed by atoms with van der Waals surface area (Å²) >= 11 is 0. The van der Waals surface area contributed by atoms with Crippen molar-refractivity contribution in [1.82, 2.24) is 9.80 Å². The van der Waals surface area contributed by atoms with Crippen molar-refractivity contribution >= 4 is 17.5 Å². The lowest BCUT2D eigenvalue weighted by Crippen LogP contribution is -2.51. The van der Waals surface area contributed by atoms with E-state index in [1.54, 1.807) is 0 Å². The fraction of sp³-hybridized carbons (Fsp3) is 0.524. The quantitative estimate of drug-likeness (QED) is 0.779. The molecular weight excluding hydrogens is 326 g/mol. The van der Waals surface area contributed by atoms with Crippen molar-refractivity contribution in [2.75, 3.05) is 44.2 Å². The van der Waals surface area contributed by atoms with Gasteiger partial charge in [-0.15, -0.1) is 0 Å². The summed E-state index contributed by atoms with van der Waals surface area (Å²) in [5, 5.41) is 0. The molecule has 4 rings (SSSR count). The van der Waals surface area contributed by atoms with Crippen LogP contribution in [0.3, 0.4) is 0 Å². The number of carbonyl (C=O) groups excluding carboxylic acids is 2. The van der Waals surface area contributed by atoms with Crippen molar-refractivity contribution in [3.05, 3.63) is 42.0 Å². The summed E-state index contributed by atoms with van der Waals surface area (Å²) in [6.07, 6.45) is 8.16. The molecule has 0 bridgehead atoms. The second-order valence-corrected chi connectivity index (χ2v) is 7.55. The Kier molecular flexibility index (Phi) is 5.07. The molecule has 1 aromatic carbocycles. The third kappa shape index (κ3) is 3.68. The summed E-state index contributed by atoms with van der Waals surface area (Å²) < 4.78 is 0.